The zero-order valence-electron chi connectivity index (χ0n) is 30.5. The number of nitrogens with zero attached hydrogens (tertiary/aromatic N) is 3. The van der Waals surface area contributed by atoms with Gasteiger partial charge in [-0.1, -0.05) is 194 Å². The summed E-state index contributed by atoms with van der Waals surface area (Å²) in [6, 6.07) is 72.3. The van der Waals surface area contributed by atoms with E-state index in [0.717, 1.165) is 72.8 Å². The first-order valence-corrected chi connectivity index (χ1v) is 19.0. The highest BCUT2D eigenvalue weighted by Crippen LogP contribution is 2.41. The van der Waals surface area contributed by atoms with Crippen LogP contribution in [0.2, 0.25) is 0 Å². The summed E-state index contributed by atoms with van der Waals surface area (Å²) < 4.78 is 0. The number of pyridine rings is 1. The molecule has 9 aromatic rings. The van der Waals surface area contributed by atoms with E-state index in [1.165, 1.54) is 21.9 Å². The molecule has 0 radical (unpaired) electrons. The maximum Gasteiger partial charge on any atom is 0.169 e. The van der Waals surface area contributed by atoms with Crippen molar-refractivity contribution in [3.8, 4) is 44.6 Å². The lowest BCUT2D eigenvalue weighted by Crippen LogP contribution is -2.36. The Morgan fingerprint density at radius 1 is 0.375 bits per heavy atom. The monoisotopic (exact) mass is 716 g/mol. The molecule has 1 aliphatic rings. The molecular weight excluding hydrogens is 681 g/mol. The summed E-state index contributed by atoms with van der Waals surface area (Å²) in [5.74, 6) is 1.59. The normalized spacial score (nSPS) is 13.9. The third-order valence-electron chi connectivity index (χ3n) is 10.5. The van der Waals surface area contributed by atoms with Crippen molar-refractivity contribution in [2.24, 2.45) is 9.98 Å². The summed E-state index contributed by atoms with van der Waals surface area (Å²) in [6.45, 7) is 0. The molecule has 0 saturated carbocycles. The number of benzene rings is 8. The lowest BCUT2D eigenvalue weighted by molar-refractivity contribution is 0.756. The minimum atomic E-state index is -0.426. The predicted octanol–water partition coefficient (Wildman–Crippen LogP) is 12.6. The fraction of sp³-hybridized carbons (Fsp3) is 0.0192. The standard InChI is InChI=1S/C52H36N4/c1-5-15-35(16-6-1)36-25-29-41(30-26-36)51-54-50(40-21-11-4-12-22-40)55-52(56-51)42-31-27-38(28-32-42)46-33-43-23-13-14-24-44(43)48-45(37-17-7-2-8-18-37)34-47(53-49(46)48)39-19-9-3-10-20-39/h1-34,52H,(H,54,55,56). The van der Waals surface area contributed by atoms with Crippen molar-refractivity contribution < 1.29 is 0 Å². The van der Waals surface area contributed by atoms with Gasteiger partial charge in [-0.15, -0.1) is 0 Å². The van der Waals surface area contributed by atoms with E-state index >= 15 is 0 Å². The highest BCUT2D eigenvalue weighted by molar-refractivity contribution is 6.19. The maximum absolute atomic E-state index is 5.43. The number of hydrogen-bond acceptors (Lipinski definition) is 4. The number of hydrogen-bond donors (Lipinski definition) is 1. The van der Waals surface area contributed by atoms with E-state index in [1.807, 2.05) is 30.3 Å². The van der Waals surface area contributed by atoms with E-state index in [1.54, 1.807) is 0 Å². The molecule has 10 rings (SSSR count). The van der Waals surface area contributed by atoms with Crippen LogP contribution in [-0.2, 0) is 0 Å². The lowest BCUT2D eigenvalue weighted by atomic mass is 9.90. The molecule has 8 aromatic carbocycles. The summed E-state index contributed by atoms with van der Waals surface area (Å²) in [5, 5.41) is 7.06. The minimum Gasteiger partial charge on any atom is -0.324 e. The zero-order chi connectivity index (χ0) is 37.3. The summed E-state index contributed by atoms with van der Waals surface area (Å²) in [4.78, 5) is 15.8. The zero-order valence-corrected chi connectivity index (χ0v) is 30.5. The van der Waals surface area contributed by atoms with Crippen LogP contribution in [0.25, 0.3) is 66.3 Å². The fourth-order valence-corrected chi connectivity index (χ4v) is 7.68. The number of fused-ring (bicyclic) bond motifs is 3. The van der Waals surface area contributed by atoms with Crippen molar-refractivity contribution in [3.63, 3.8) is 0 Å². The molecule has 0 aliphatic carbocycles. The van der Waals surface area contributed by atoms with Gasteiger partial charge in [0, 0.05) is 27.6 Å². The van der Waals surface area contributed by atoms with Gasteiger partial charge in [-0.05, 0) is 56.3 Å². The van der Waals surface area contributed by atoms with Gasteiger partial charge >= 0.3 is 0 Å². The smallest absolute Gasteiger partial charge is 0.169 e. The topological polar surface area (TPSA) is 49.6 Å². The van der Waals surface area contributed by atoms with Crippen LogP contribution in [0.1, 0.15) is 22.9 Å². The van der Waals surface area contributed by atoms with E-state index in [9.17, 15) is 0 Å². The summed E-state index contributed by atoms with van der Waals surface area (Å²) in [7, 11) is 0. The van der Waals surface area contributed by atoms with Crippen molar-refractivity contribution in [2.75, 3.05) is 0 Å². The van der Waals surface area contributed by atoms with Gasteiger partial charge in [0.2, 0.25) is 0 Å². The van der Waals surface area contributed by atoms with Crippen LogP contribution in [0.5, 0.6) is 0 Å². The second-order valence-corrected chi connectivity index (χ2v) is 14.0. The van der Waals surface area contributed by atoms with Crippen molar-refractivity contribution in [1.29, 1.82) is 0 Å². The second-order valence-electron chi connectivity index (χ2n) is 14.0. The van der Waals surface area contributed by atoms with E-state index in [0.29, 0.717) is 0 Å². The number of nitrogens with one attached hydrogen (secondary N) is 1. The molecule has 1 unspecified atom stereocenters. The summed E-state index contributed by atoms with van der Waals surface area (Å²) in [6.07, 6.45) is -0.426. The van der Waals surface area contributed by atoms with Crippen molar-refractivity contribution in [2.45, 2.75) is 6.17 Å². The molecule has 1 aliphatic heterocycles. The van der Waals surface area contributed by atoms with E-state index in [4.69, 9.17) is 15.0 Å². The average Bonchev–Trinajstić information content (AvgIpc) is 3.29. The minimum absolute atomic E-state index is 0.426. The van der Waals surface area contributed by atoms with Crippen LogP contribution in [0.3, 0.4) is 0 Å². The molecular formula is C52H36N4. The van der Waals surface area contributed by atoms with Crippen LogP contribution in [0, 0.1) is 0 Å². The highest BCUT2D eigenvalue weighted by atomic mass is 15.2. The SMILES string of the molecule is c1ccc(C2=NC(c3ccc(-c4cc5ccccc5c5c(-c6ccccc6)cc(-c6ccccc6)nc45)cc3)N=C(c3ccc(-c4ccccc4)cc3)N2)cc1. The Morgan fingerprint density at radius 2 is 0.839 bits per heavy atom. The van der Waals surface area contributed by atoms with Gasteiger partial charge in [0.05, 0.1) is 11.2 Å². The molecule has 4 heteroatoms. The second kappa shape index (κ2) is 14.4. The number of rotatable bonds is 7. The maximum atomic E-state index is 5.43. The third kappa shape index (κ3) is 6.33. The largest absolute Gasteiger partial charge is 0.324 e. The Bertz CT molecular complexity index is 2890. The molecule has 1 aromatic heterocycles. The van der Waals surface area contributed by atoms with Crippen LogP contribution in [-0.4, -0.2) is 16.7 Å². The molecule has 0 fully saturated rings. The Labute approximate surface area is 326 Å². The fourth-order valence-electron chi connectivity index (χ4n) is 7.68. The summed E-state index contributed by atoms with van der Waals surface area (Å²) >= 11 is 0. The Kier molecular flexibility index (Phi) is 8.54. The molecule has 0 saturated heterocycles. The molecule has 1 atom stereocenters. The molecule has 56 heavy (non-hydrogen) atoms. The molecule has 1 N–H and O–H groups in total. The summed E-state index contributed by atoms with van der Waals surface area (Å²) in [5.41, 5.74) is 12.9. The van der Waals surface area contributed by atoms with Gasteiger partial charge < -0.3 is 5.32 Å². The molecule has 0 spiro atoms. The van der Waals surface area contributed by atoms with Gasteiger partial charge in [-0.3, -0.25) is 0 Å². The quantitative estimate of drug-likeness (QED) is 0.167. The predicted molar refractivity (Wildman–Crippen MR) is 233 cm³/mol. The van der Waals surface area contributed by atoms with Gasteiger partial charge in [0.15, 0.2) is 6.17 Å². The average molecular weight is 717 g/mol. The van der Waals surface area contributed by atoms with Gasteiger partial charge in [0.25, 0.3) is 0 Å². The van der Waals surface area contributed by atoms with Crippen molar-refractivity contribution in [3.05, 3.63) is 223 Å². The van der Waals surface area contributed by atoms with Crippen LogP contribution in [0.4, 0.5) is 0 Å². The Morgan fingerprint density at radius 3 is 1.48 bits per heavy atom. The first-order valence-electron chi connectivity index (χ1n) is 19.0. The van der Waals surface area contributed by atoms with Gasteiger partial charge in [-0.2, -0.15) is 0 Å². The molecule has 4 nitrogen and oxygen atoms in total. The third-order valence-corrected chi connectivity index (χ3v) is 10.5. The van der Waals surface area contributed by atoms with Crippen molar-refractivity contribution >= 4 is 33.3 Å². The van der Waals surface area contributed by atoms with Gasteiger partial charge in [0.1, 0.15) is 11.7 Å². The lowest BCUT2D eigenvalue weighted by Gasteiger charge is -2.22. The number of aromatic nitrogens is 1. The highest BCUT2D eigenvalue weighted by Gasteiger charge is 2.22. The van der Waals surface area contributed by atoms with Crippen LogP contribution >= 0.6 is 0 Å². The van der Waals surface area contributed by atoms with Crippen molar-refractivity contribution in [1.82, 2.24) is 10.3 Å². The van der Waals surface area contributed by atoms with E-state index in [2.05, 4.69) is 181 Å². The number of amidine groups is 2. The van der Waals surface area contributed by atoms with E-state index < -0.39 is 6.17 Å². The Hall–Kier alpha value is -7.43. The molecule has 0 amide bonds. The molecule has 2 heterocycles. The number of aliphatic imine (C=N–C) groups is 2. The molecule has 264 valence electrons. The molecule has 0 bridgehead atoms. The van der Waals surface area contributed by atoms with Crippen LogP contribution in [0.15, 0.2) is 216 Å². The Balaban J connectivity index is 1.09. The van der Waals surface area contributed by atoms with E-state index in [-0.39, 0.29) is 0 Å². The van der Waals surface area contributed by atoms with Crippen LogP contribution < -0.4 is 5.32 Å². The van der Waals surface area contributed by atoms with Gasteiger partial charge in [-0.25, -0.2) is 15.0 Å². The first-order chi connectivity index (χ1) is 27.7. The first kappa shape index (κ1) is 33.2.